The van der Waals surface area contributed by atoms with Crippen LogP contribution >= 0.6 is 11.3 Å². The predicted octanol–water partition coefficient (Wildman–Crippen LogP) is 4.23. The molecule has 3 aromatic rings. The Kier molecular flexibility index (Phi) is 5.52. The van der Waals surface area contributed by atoms with Crippen LogP contribution in [-0.2, 0) is 10.0 Å². The van der Waals surface area contributed by atoms with Crippen molar-refractivity contribution in [2.45, 2.75) is 24.7 Å². The van der Waals surface area contributed by atoms with Gasteiger partial charge in [-0.1, -0.05) is 13.3 Å². The maximum absolute atomic E-state index is 12.2. The topological polar surface area (TPSA) is 84.2 Å². The minimum Gasteiger partial charge on any atom is -0.463 e. The van der Waals surface area contributed by atoms with E-state index < -0.39 is 10.0 Å². The van der Waals surface area contributed by atoms with E-state index in [1.54, 1.807) is 30.5 Å². The number of hydrogen-bond acceptors (Lipinski definition) is 6. The molecule has 3 rings (SSSR count). The number of rotatable bonds is 8. The molecule has 1 aromatic carbocycles. The normalized spacial score (nSPS) is 11.6. The predicted molar refractivity (Wildman–Crippen MR) is 99.6 cm³/mol. The molecule has 0 aliphatic rings. The summed E-state index contributed by atoms with van der Waals surface area (Å²) in [6.45, 7) is 2.47. The maximum Gasteiger partial charge on any atom is 0.240 e. The highest BCUT2D eigenvalue weighted by Gasteiger charge is 2.13. The fourth-order valence-electron chi connectivity index (χ4n) is 2.18. The van der Waals surface area contributed by atoms with Gasteiger partial charge in [-0.15, -0.1) is 11.3 Å². The molecule has 0 saturated heterocycles. The highest BCUT2D eigenvalue weighted by Crippen LogP contribution is 2.27. The Labute approximate surface area is 151 Å². The van der Waals surface area contributed by atoms with Crippen molar-refractivity contribution in [2.75, 3.05) is 11.9 Å². The monoisotopic (exact) mass is 377 g/mol. The average molecular weight is 377 g/mol. The minimum absolute atomic E-state index is 0.254. The van der Waals surface area contributed by atoms with E-state index >= 15 is 0 Å². The number of hydrogen-bond donors (Lipinski definition) is 2. The van der Waals surface area contributed by atoms with Crippen molar-refractivity contribution in [2.24, 2.45) is 0 Å². The lowest BCUT2D eigenvalue weighted by Gasteiger charge is -2.07. The zero-order chi connectivity index (χ0) is 17.7. The first-order valence-corrected chi connectivity index (χ1v) is 10.3. The number of anilines is 2. The smallest absolute Gasteiger partial charge is 0.240 e. The average Bonchev–Trinajstić information content (AvgIpc) is 3.27. The highest BCUT2D eigenvalue weighted by molar-refractivity contribution is 7.89. The van der Waals surface area contributed by atoms with Crippen LogP contribution in [0, 0.1) is 0 Å². The van der Waals surface area contributed by atoms with Gasteiger partial charge in [-0.2, -0.15) is 0 Å². The molecule has 0 unspecified atom stereocenters. The van der Waals surface area contributed by atoms with Gasteiger partial charge in [-0.3, -0.25) is 0 Å². The maximum atomic E-state index is 12.2. The molecule has 0 aliphatic heterocycles. The molecule has 0 saturated carbocycles. The SMILES string of the molecule is CCCCNS(=O)(=O)c1ccc(Nc2nc(-c3ccco3)cs2)cc1. The number of benzene rings is 1. The zero-order valence-electron chi connectivity index (χ0n) is 13.7. The van der Waals surface area contributed by atoms with Crippen LogP contribution < -0.4 is 10.0 Å². The summed E-state index contributed by atoms with van der Waals surface area (Å²) in [7, 11) is -3.45. The van der Waals surface area contributed by atoms with Gasteiger partial charge in [-0.25, -0.2) is 18.1 Å². The van der Waals surface area contributed by atoms with Crippen LogP contribution in [0.2, 0.25) is 0 Å². The fraction of sp³-hybridized carbons (Fsp3) is 0.235. The minimum atomic E-state index is -3.45. The third-order valence-corrected chi connectivity index (χ3v) is 5.75. The molecule has 0 aliphatic carbocycles. The van der Waals surface area contributed by atoms with Crippen molar-refractivity contribution in [3.8, 4) is 11.5 Å². The van der Waals surface area contributed by atoms with Gasteiger partial charge >= 0.3 is 0 Å². The summed E-state index contributed by atoms with van der Waals surface area (Å²) in [4.78, 5) is 4.71. The number of unbranched alkanes of at least 4 members (excludes halogenated alkanes) is 1. The molecule has 25 heavy (non-hydrogen) atoms. The van der Waals surface area contributed by atoms with Gasteiger partial charge in [0.05, 0.1) is 11.2 Å². The first kappa shape index (κ1) is 17.7. The van der Waals surface area contributed by atoms with Crippen molar-refractivity contribution < 1.29 is 12.8 Å². The lowest BCUT2D eigenvalue weighted by molar-refractivity contribution is 0.578. The molecule has 6 nitrogen and oxygen atoms in total. The van der Waals surface area contributed by atoms with E-state index in [2.05, 4.69) is 15.0 Å². The van der Waals surface area contributed by atoms with Crippen molar-refractivity contribution in [1.29, 1.82) is 0 Å². The largest absolute Gasteiger partial charge is 0.463 e. The Bertz CT molecular complexity index is 901. The Hall–Kier alpha value is -2.16. The van der Waals surface area contributed by atoms with E-state index in [1.165, 1.54) is 11.3 Å². The molecular formula is C17H19N3O3S2. The third kappa shape index (κ3) is 4.47. The Morgan fingerprint density at radius 1 is 1.20 bits per heavy atom. The van der Waals surface area contributed by atoms with E-state index in [0.29, 0.717) is 17.4 Å². The summed E-state index contributed by atoms with van der Waals surface area (Å²) in [5, 5.41) is 5.78. The number of furan rings is 1. The fourth-order valence-corrected chi connectivity index (χ4v) is 3.97. The number of aromatic nitrogens is 1. The zero-order valence-corrected chi connectivity index (χ0v) is 15.4. The van der Waals surface area contributed by atoms with Crippen LogP contribution in [-0.4, -0.2) is 19.9 Å². The Balaban J connectivity index is 1.67. The van der Waals surface area contributed by atoms with Crippen LogP contribution in [0.5, 0.6) is 0 Å². The lowest BCUT2D eigenvalue weighted by Crippen LogP contribution is -2.24. The molecule has 0 fully saturated rings. The lowest BCUT2D eigenvalue weighted by atomic mass is 10.3. The van der Waals surface area contributed by atoms with E-state index in [0.717, 1.165) is 24.2 Å². The van der Waals surface area contributed by atoms with Crippen LogP contribution in [0.4, 0.5) is 10.8 Å². The van der Waals surface area contributed by atoms with Gasteiger partial charge in [0, 0.05) is 17.6 Å². The quantitative estimate of drug-likeness (QED) is 0.574. The summed E-state index contributed by atoms with van der Waals surface area (Å²) in [6, 6.07) is 10.3. The summed E-state index contributed by atoms with van der Waals surface area (Å²) in [5.41, 5.74) is 1.53. The van der Waals surface area contributed by atoms with Gasteiger partial charge < -0.3 is 9.73 Å². The summed E-state index contributed by atoms with van der Waals surface area (Å²) in [5.74, 6) is 0.712. The van der Waals surface area contributed by atoms with Crippen LogP contribution in [0.1, 0.15) is 19.8 Å². The highest BCUT2D eigenvalue weighted by atomic mass is 32.2. The summed E-state index contributed by atoms with van der Waals surface area (Å²) < 4.78 is 32.2. The molecular weight excluding hydrogens is 358 g/mol. The Morgan fingerprint density at radius 3 is 2.68 bits per heavy atom. The second kappa shape index (κ2) is 7.81. The molecule has 0 bridgehead atoms. The van der Waals surface area contributed by atoms with Gasteiger partial charge in [0.25, 0.3) is 0 Å². The van der Waals surface area contributed by atoms with Crippen molar-refractivity contribution >= 4 is 32.2 Å². The summed E-state index contributed by atoms with van der Waals surface area (Å²) in [6.07, 6.45) is 3.37. The standard InChI is InChI=1S/C17H19N3O3S2/c1-2-3-10-18-25(21,22)14-8-6-13(7-9-14)19-17-20-15(12-24-17)16-5-4-11-23-16/h4-9,11-12,18H,2-3,10H2,1H3,(H,19,20). The van der Waals surface area contributed by atoms with Gasteiger partial charge in [0.1, 0.15) is 5.69 Å². The van der Waals surface area contributed by atoms with E-state index in [9.17, 15) is 8.42 Å². The molecule has 0 radical (unpaired) electrons. The van der Waals surface area contributed by atoms with E-state index in [4.69, 9.17) is 4.42 Å². The Morgan fingerprint density at radius 2 is 2.00 bits per heavy atom. The molecule has 2 heterocycles. The van der Waals surface area contributed by atoms with Crippen molar-refractivity contribution in [3.05, 3.63) is 48.0 Å². The second-order valence-electron chi connectivity index (χ2n) is 5.42. The van der Waals surface area contributed by atoms with Gasteiger partial charge in [0.2, 0.25) is 10.0 Å². The molecule has 132 valence electrons. The summed E-state index contributed by atoms with van der Waals surface area (Å²) >= 11 is 1.45. The van der Waals surface area contributed by atoms with Crippen molar-refractivity contribution in [3.63, 3.8) is 0 Å². The van der Waals surface area contributed by atoms with Crippen molar-refractivity contribution in [1.82, 2.24) is 9.71 Å². The van der Waals surface area contributed by atoms with E-state index in [1.807, 2.05) is 24.4 Å². The molecule has 0 amide bonds. The molecule has 0 spiro atoms. The second-order valence-corrected chi connectivity index (χ2v) is 8.04. The van der Waals surface area contributed by atoms with Gasteiger partial charge in [0.15, 0.2) is 10.9 Å². The number of nitrogens with one attached hydrogen (secondary N) is 2. The number of nitrogens with zero attached hydrogens (tertiary/aromatic N) is 1. The van der Waals surface area contributed by atoms with Crippen LogP contribution in [0.15, 0.2) is 57.4 Å². The number of thiazole rings is 1. The van der Waals surface area contributed by atoms with Gasteiger partial charge in [-0.05, 0) is 42.8 Å². The molecule has 8 heteroatoms. The van der Waals surface area contributed by atoms with Crippen LogP contribution in [0.3, 0.4) is 0 Å². The first-order valence-electron chi connectivity index (χ1n) is 7.94. The number of sulfonamides is 1. The van der Waals surface area contributed by atoms with E-state index in [-0.39, 0.29) is 4.90 Å². The molecule has 0 atom stereocenters. The van der Waals surface area contributed by atoms with Crippen LogP contribution in [0.25, 0.3) is 11.5 Å². The third-order valence-electron chi connectivity index (χ3n) is 3.52. The first-order chi connectivity index (χ1) is 12.1. The molecule has 2 N–H and O–H groups in total. The molecule has 2 aromatic heterocycles.